The van der Waals surface area contributed by atoms with Gasteiger partial charge in [-0.3, -0.25) is 4.40 Å². The lowest BCUT2D eigenvalue weighted by Crippen LogP contribution is -1.92. The van der Waals surface area contributed by atoms with Gasteiger partial charge in [-0.1, -0.05) is 54.6 Å². The second-order valence-corrected chi connectivity index (χ2v) is 8.65. The van der Waals surface area contributed by atoms with Gasteiger partial charge in [0.2, 0.25) is 0 Å². The number of hydrogen-bond acceptors (Lipinski definition) is 4. The molecular formula is C29H17N5O. The molecule has 0 aliphatic rings. The molecule has 164 valence electrons. The minimum Gasteiger partial charge on any atom is -0.423 e. The molecule has 6 heteroatoms. The molecule has 35 heavy (non-hydrogen) atoms. The first-order chi connectivity index (χ1) is 17.3. The maximum atomic E-state index is 6.12. The molecule has 5 aromatic heterocycles. The van der Waals surface area contributed by atoms with Crippen LogP contribution >= 0.6 is 0 Å². The highest BCUT2D eigenvalue weighted by atomic mass is 16.4. The summed E-state index contributed by atoms with van der Waals surface area (Å²) in [5.74, 6) is 0.567. The summed E-state index contributed by atoms with van der Waals surface area (Å²) in [6.07, 6.45) is 4.07. The summed E-state index contributed by atoms with van der Waals surface area (Å²) in [5.41, 5.74) is 9.23. The average molecular weight is 451 g/mol. The summed E-state index contributed by atoms with van der Waals surface area (Å²) in [6.45, 7) is 0. The van der Waals surface area contributed by atoms with E-state index in [9.17, 15) is 0 Å². The Morgan fingerprint density at radius 3 is 2.54 bits per heavy atom. The smallest absolute Gasteiger partial charge is 0.307 e. The van der Waals surface area contributed by atoms with Crippen molar-refractivity contribution in [2.75, 3.05) is 0 Å². The lowest BCUT2D eigenvalue weighted by atomic mass is 10.0. The van der Waals surface area contributed by atoms with E-state index in [-0.39, 0.29) is 0 Å². The fraction of sp³-hybridized carbons (Fsp3) is 0. The number of nitrogens with zero attached hydrogens (tertiary/aromatic N) is 5. The Balaban J connectivity index is 1.46. The van der Waals surface area contributed by atoms with Gasteiger partial charge in [-0.25, -0.2) is 9.97 Å². The van der Waals surface area contributed by atoms with Gasteiger partial charge in [-0.2, -0.15) is 4.98 Å². The van der Waals surface area contributed by atoms with Gasteiger partial charge in [0.25, 0.3) is 0 Å². The van der Waals surface area contributed by atoms with Crippen LogP contribution in [-0.4, -0.2) is 23.8 Å². The summed E-state index contributed by atoms with van der Waals surface area (Å²) in [5, 5.41) is 1.01. The first-order valence-corrected chi connectivity index (χ1v) is 11.5. The van der Waals surface area contributed by atoms with Crippen LogP contribution in [0.25, 0.3) is 67.0 Å². The van der Waals surface area contributed by atoms with Crippen LogP contribution in [0.3, 0.4) is 0 Å². The average Bonchev–Trinajstić information content (AvgIpc) is 3.60. The molecule has 8 rings (SSSR count). The summed E-state index contributed by atoms with van der Waals surface area (Å²) < 4.78 is 10.2. The third-order valence-electron chi connectivity index (χ3n) is 6.57. The number of benzene rings is 3. The van der Waals surface area contributed by atoms with Crippen molar-refractivity contribution in [3.8, 4) is 22.5 Å². The minimum atomic E-state index is 0.567. The van der Waals surface area contributed by atoms with Crippen molar-refractivity contribution >= 4 is 44.5 Å². The van der Waals surface area contributed by atoms with Gasteiger partial charge in [0.05, 0.1) is 22.4 Å². The van der Waals surface area contributed by atoms with Gasteiger partial charge < -0.3 is 8.82 Å². The van der Waals surface area contributed by atoms with E-state index in [0.717, 1.165) is 61.2 Å². The Labute approximate surface area is 198 Å². The van der Waals surface area contributed by atoms with Gasteiger partial charge in [0.15, 0.2) is 5.58 Å². The van der Waals surface area contributed by atoms with Crippen LogP contribution in [0.2, 0.25) is 0 Å². The van der Waals surface area contributed by atoms with Crippen LogP contribution in [0.4, 0.5) is 0 Å². The highest BCUT2D eigenvalue weighted by Crippen LogP contribution is 2.36. The quantitative estimate of drug-likeness (QED) is 0.291. The molecule has 0 bridgehead atoms. The van der Waals surface area contributed by atoms with Crippen LogP contribution in [0, 0.1) is 0 Å². The van der Waals surface area contributed by atoms with Crippen molar-refractivity contribution in [2.45, 2.75) is 0 Å². The maximum absolute atomic E-state index is 6.12. The zero-order valence-corrected chi connectivity index (χ0v) is 18.5. The van der Waals surface area contributed by atoms with Crippen molar-refractivity contribution < 1.29 is 4.42 Å². The Morgan fingerprint density at radius 2 is 1.57 bits per heavy atom. The molecule has 3 aromatic carbocycles. The third-order valence-corrected chi connectivity index (χ3v) is 6.57. The molecule has 6 nitrogen and oxygen atoms in total. The van der Waals surface area contributed by atoms with Gasteiger partial charge in [0.1, 0.15) is 16.7 Å². The van der Waals surface area contributed by atoms with E-state index in [2.05, 4.69) is 47.0 Å². The van der Waals surface area contributed by atoms with E-state index in [1.807, 2.05) is 65.2 Å². The second-order valence-electron chi connectivity index (χ2n) is 8.65. The Morgan fingerprint density at radius 1 is 0.714 bits per heavy atom. The number of para-hydroxylation sites is 3. The zero-order valence-electron chi connectivity index (χ0n) is 18.5. The maximum Gasteiger partial charge on any atom is 0.307 e. The highest BCUT2D eigenvalue weighted by Gasteiger charge is 2.20. The third kappa shape index (κ3) is 2.62. The number of rotatable bonds is 2. The normalized spacial score (nSPS) is 12.0. The van der Waals surface area contributed by atoms with E-state index >= 15 is 0 Å². The fourth-order valence-electron chi connectivity index (χ4n) is 4.97. The van der Waals surface area contributed by atoms with E-state index < -0.39 is 0 Å². The van der Waals surface area contributed by atoms with E-state index in [0.29, 0.717) is 5.84 Å². The van der Waals surface area contributed by atoms with Crippen LogP contribution in [-0.2, 0) is 0 Å². The predicted molar refractivity (Wildman–Crippen MR) is 137 cm³/mol. The standard InChI is InChI=1S/C29H17N5O/c1-2-11-21-20(10-1)27-28(34-23-12-3-4-13-24(23)35-29(34)32-27)26(31-21)19-9-7-8-18(16-19)22-17-33-15-6-5-14-25(33)30-22/h1-17H. The zero-order chi connectivity index (χ0) is 22.9. The SMILES string of the molecule is c1cc(-c2cn3ccccc3n2)cc(-c2nc3ccccc3c3nc4oc5ccccc5n4c23)c1. The van der Waals surface area contributed by atoms with E-state index in [1.165, 1.54) is 0 Å². The number of oxazole rings is 1. The molecular weight excluding hydrogens is 434 g/mol. The minimum absolute atomic E-state index is 0.567. The molecule has 0 aliphatic carbocycles. The Bertz CT molecular complexity index is 2040. The molecule has 8 aromatic rings. The number of imidazole rings is 2. The lowest BCUT2D eigenvalue weighted by Gasteiger charge is -2.08. The lowest BCUT2D eigenvalue weighted by molar-refractivity contribution is 0.643. The predicted octanol–water partition coefficient (Wildman–Crippen LogP) is 6.76. The van der Waals surface area contributed by atoms with Crippen molar-refractivity contribution in [1.82, 2.24) is 23.8 Å². The molecule has 0 saturated heterocycles. The second kappa shape index (κ2) is 6.77. The molecule has 0 spiro atoms. The van der Waals surface area contributed by atoms with Gasteiger partial charge in [-0.05, 0) is 36.4 Å². The van der Waals surface area contributed by atoms with Crippen molar-refractivity contribution in [2.24, 2.45) is 0 Å². The van der Waals surface area contributed by atoms with Crippen LogP contribution < -0.4 is 0 Å². The fourth-order valence-corrected chi connectivity index (χ4v) is 4.97. The number of fused-ring (bicyclic) bond motifs is 8. The van der Waals surface area contributed by atoms with E-state index in [4.69, 9.17) is 19.4 Å². The Hall–Kier alpha value is -4.97. The molecule has 0 amide bonds. The summed E-state index contributed by atoms with van der Waals surface area (Å²) in [6, 6.07) is 30.5. The molecule has 0 radical (unpaired) electrons. The summed E-state index contributed by atoms with van der Waals surface area (Å²) in [7, 11) is 0. The van der Waals surface area contributed by atoms with Crippen molar-refractivity contribution in [1.29, 1.82) is 0 Å². The number of hydrogen-bond donors (Lipinski definition) is 0. The molecule has 0 unspecified atom stereocenters. The topological polar surface area (TPSA) is 60.6 Å². The van der Waals surface area contributed by atoms with Gasteiger partial charge in [0, 0.05) is 28.9 Å². The number of aromatic nitrogens is 5. The molecule has 0 aliphatic heterocycles. The van der Waals surface area contributed by atoms with Crippen molar-refractivity contribution in [3.05, 3.63) is 103 Å². The Kier molecular flexibility index (Phi) is 3.57. The number of pyridine rings is 2. The van der Waals surface area contributed by atoms with Crippen LogP contribution in [0.15, 0.2) is 108 Å². The molecule has 0 saturated carbocycles. The molecule has 0 N–H and O–H groups in total. The molecule has 0 fully saturated rings. The molecule has 5 heterocycles. The van der Waals surface area contributed by atoms with Crippen LogP contribution in [0.1, 0.15) is 0 Å². The van der Waals surface area contributed by atoms with Crippen molar-refractivity contribution in [3.63, 3.8) is 0 Å². The first kappa shape index (κ1) is 18.5. The van der Waals surface area contributed by atoms with Gasteiger partial charge in [-0.15, -0.1) is 0 Å². The molecule has 0 atom stereocenters. The summed E-state index contributed by atoms with van der Waals surface area (Å²) >= 11 is 0. The van der Waals surface area contributed by atoms with Crippen LogP contribution in [0.5, 0.6) is 0 Å². The largest absolute Gasteiger partial charge is 0.423 e. The van der Waals surface area contributed by atoms with Gasteiger partial charge >= 0.3 is 5.84 Å². The summed E-state index contributed by atoms with van der Waals surface area (Å²) in [4.78, 5) is 14.9. The monoisotopic (exact) mass is 451 g/mol. The highest BCUT2D eigenvalue weighted by molar-refractivity contribution is 6.10. The first-order valence-electron chi connectivity index (χ1n) is 11.5. The van der Waals surface area contributed by atoms with E-state index in [1.54, 1.807) is 0 Å².